The van der Waals surface area contributed by atoms with E-state index < -0.39 is 16.7 Å². The average molecular weight is 224 g/mol. The first-order valence-electron chi connectivity index (χ1n) is 3.57. The van der Waals surface area contributed by atoms with Gasteiger partial charge in [-0.05, 0) is 6.92 Å². The zero-order valence-corrected chi connectivity index (χ0v) is 8.90. The third-order valence-corrected chi connectivity index (χ3v) is 2.99. The lowest BCUT2D eigenvalue weighted by Gasteiger charge is -2.19. The van der Waals surface area contributed by atoms with Crippen LogP contribution in [0.25, 0.3) is 0 Å². The Hall–Kier alpha value is -0.360. The van der Waals surface area contributed by atoms with Gasteiger partial charge in [0.15, 0.2) is 0 Å². The lowest BCUT2D eigenvalue weighted by Crippen LogP contribution is -2.24. The van der Waals surface area contributed by atoms with Gasteiger partial charge in [-0.25, -0.2) is 0 Å². The third kappa shape index (κ3) is 7.98. The summed E-state index contributed by atoms with van der Waals surface area (Å²) in [6, 6.07) is 0. The molecule has 0 aliphatic heterocycles. The van der Waals surface area contributed by atoms with Crippen molar-refractivity contribution in [2.24, 2.45) is 0 Å². The summed E-state index contributed by atoms with van der Waals surface area (Å²) in [6.07, 6.45) is -0.0667. The summed E-state index contributed by atoms with van der Waals surface area (Å²) >= 11 is 5.30. The molecular weight excluding hydrogens is 212 g/mol. The fraction of sp³-hybridized carbons (Fsp3) is 0.714. The van der Waals surface area contributed by atoms with Crippen molar-refractivity contribution in [3.05, 3.63) is 0 Å². The minimum atomic E-state index is -0.923. The van der Waals surface area contributed by atoms with Crippen LogP contribution in [-0.2, 0) is 9.59 Å². The maximum atomic E-state index is 10.3. The Kier molecular flexibility index (Phi) is 5.24. The van der Waals surface area contributed by atoms with E-state index in [4.69, 9.17) is 10.2 Å². The minimum Gasteiger partial charge on any atom is -0.481 e. The van der Waals surface area contributed by atoms with E-state index in [1.807, 2.05) is 0 Å². The van der Waals surface area contributed by atoms with Crippen LogP contribution < -0.4 is 0 Å². The molecule has 0 aromatic heterocycles. The molecule has 0 aliphatic carbocycles. The molecule has 0 saturated heterocycles. The predicted octanol–water partition coefficient (Wildman–Crippen LogP) is 0.967. The number of carboxylic acid groups (broad SMARTS) is 2. The van der Waals surface area contributed by atoms with E-state index in [0.717, 1.165) is 0 Å². The molecule has 13 heavy (non-hydrogen) atoms. The van der Waals surface area contributed by atoms with Gasteiger partial charge in [-0.2, -0.15) is 12.6 Å². The zero-order valence-electron chi connectivity index (χ0n) is 7.19. The summed E-state index contributed by atoms with van der Waals surface area (Å²) in [4.78, 5) is 20.5. The van der Waals surface area contributed by atoms with E-state index in [1.54, 1.807) is 6.92 Å². The number of hydrogen-bond acceptors (Lipinski definition) is 4. The van der Waals surface area contributed by atoms with Gasteiger partial charge < -0.3 is 10.2 Å². The number of aliphatic carboxylic acids is 2. The Balaban J connectivity index is 3.75. The van der Waals surface area contributed by atoms with Crippen LogP contribution in [0, 0.1) is 0 Å². The zero-order chi connectivity index (χ0) is 10.5. The van der Waals surface area contributed by atoms with Crippen LogP contribution in [0.3, 0.4) is 0 Å². The smallest absolute Gasteiger partial charge is 0.313 e. The number of thiol groups is 1. The van der Waals surface area contributed by atoms with Gasteiger partial charge in [-0.15, -0.1) is 11.8 Å². The molecule has 0 aliphatic rings. The summed E-state index contributed by atoms with van der Waals surface area (Å²) in [7, 11) is 0. The second-order valence-corrected chi connectivity index (χ2v) is 5.02. The van der Waals surface area contributed by atoms with Gasteiger partial charge in [-0.1, -0.05) is 0 Å². The first kappa shape index (κ1) is 12.6. The standard InChI is InChI=1S/C7H12O4S2/c1-7(12,2-5(8)9)4-13-3-6(10)11/h12H,2-4H2,1H3,(H,8,9)(H,10,11). The highest BCUT2D eigenvalue weighted by Gasteiger charge is 2.23. The molecular formula is C7H12O4S2. The van der Waals surface area contributed by atoms with Gasteiger partial charge in [-0.3, -0.25) is 9.59 Å². The van der Waals surface area contributed by atoms with E-state index >= 15 is 0 Å². The van der Waals surface area contributed by atoms with Crippen LogP contribution >= 0.6 is 24.4 Å². The van der Waals surface area contributed by atoms with E-state index in [1.165, 1.54) is 11.8 Å². The molecule has 0 rings (SSSR count). The van der Waals surface area contributed by atoms with Gasteiger partial charge in [0, 0.05) is 10.5 Å². The van der Waals surface area contributed by atoms with Crippen molar-refractivity contribution in [2.75, 3.05) is 11.5 Å². The van der Waals surface area contributed by atoms with Crippen LogP contribution in [0.15, 0.2) is 0 Å². The molecule has 76 valence electrons. The highest BCUT2D eigenvalue weighted by atomic mass is 32.2. The van der Waals surface area contributed by atoms with Crippen molar-refractivity contribution >= 4 is 36.3 Å². The molecule has 0 spiro atoms. The fourth-order valence-corrected chi connectivity index (χ4v) is 1.96. The van der Waals surface area contributed by atoms with Crippen LogP contribution in [0.4, 0.5) is 0 Å². The number of rotatable bonds is 6. The second-order valence-electron chi connectivity index (χ2n) is 2.95. The van der Waals surface area contributed by atoms with Crippen LogP contribution in [0.2, 0.25) is 0 Å². The van der Waals surface area contributed by atoms with E-state index in [2.05, 4.69) is 12.6 Å². The summed E-state index contributed by atoms with van der Waals surface area (Å²) in [6.45, 7) is 1.68. The third-order valence-electron chi connectivity index (χ3n) is 1.17. The SMILES string of the molecule is CC(S)(CSCC(=O)O)CC(=O)O. The molecule has 0 aromatic rings. The summed E-state index contributed by atoms with van der Waals surface area (Å²) in [5.74, 6) is -1.43. The summed E-state index contributed by atoms with van der Waals surface area (Å²) in [5.41, 5.74) is 0. The lowest BCUT2D eigenvalue weighted by molar-refractivity contribution is -0.137. The Labute approximate surface area is 86.1 Å². The van der Waals surface area contributed by atoms with Gasteiger partial charge in [0.2, 0.25) is 0 Å². The number of carboxylic acids is 2. The largest absolute Gasteiger partial charge is 0.481 e. The quantitative estimate of drug-likeness (QED) is 0.586. The first-order chi connectivity index (χ1) is 5.83. The average Bonchev–Trinajstić information content (AvgIpc) is 1.81. The van der Waals surface area contributed by atoms with Crippen molar-refractivity contribution < 1.29 is 19.8 Å². The van der Waals surface area contributed by atoms with Crippen molar-refractivity contribution in [3.8, 4) is 0 Å². The lowest BCUT2D eigenvalue weighted by atomic mass is 10.1. The highest BCUT2D eigenvalue weighted by molar-refractivity contribution is 8.00. The Morgan fingerprint density at radius 2 is 1.92 bits per heavy atom. The molecule has 4 nitrogen and oxygen atoms in total. The van der Waals surface area contributed by atoms with Crippen LogP contribution in [0.1, 0.15) is 13.3 Å². The molecule has 2 N–H and O–H groups in total. The minimum absolute atomic E-state index is 0.0181. The van der Waals surface area contributed by atoms with E-state index in [0.29, 0.717) is 5.75 Å². The molecule has 0 saturated carbocycles. The molecule has 1 atom stereocenters. The number of carbonyl (C=O) groups is 2. The molecule has 0 aromatic carbocycles. The topological polar surface area (TPSA) is 74.6 Å². The first-order valence-corrected chi connectivity index (χ1v) is 5.17. The van der Waals surface area contributed by atoms with E-state index in [9.17, 15) is 9.59 Å². The summed E-state index contributed by atoms with van der Waals surface area (Å²) < 4.78 is -0.647. The molecule has 6 heteroatoms. The van der Waals surface area contributed by atoms with Gasteiger partial charge in [0.05, 0.1) is 12.2 Å². The van der Waals surface area contributed by atoms with Crippen LogP contribution in [-0.4, -0.2) is 38.4 Å². The maximum Gasteiger partial charge on any atom is 0.313 e. The van der Waals surface area contributed by atoms with Crippen molar-refractivity contribution in [2.45, 2.75) is 18.1 Å². The molecule has 0 fully saturated rings. The van der Waals surface area contributed by atoms with Gasteiger partial charge in [0.25, 0.3) is 0 Å². The van der Waals surface area contributed by atoms with Crippen LogP contribution in [0.5, 0.6) is 0 Å². The fourth-order valence-electron chi connectivity index (χ4n) is 0.735. The van der Waals surface area contributed by atoms with Gasteiger partial charge >= 0.3 is 11.9 Å². The van der Waals surface area contributed by atoms with Crippen molar-refractivity contribution in [3.63, 3.8) is 0 Å². The summed E-state index contributed by atoms with van der Waals surface area (Å²) in [5, 5.41) is 16.8. The molecule has 0 heterocycles. The number of hydrogen-bond donors (Lipinski definition) is 3. The van der Waals surface area contributed by atoms with Gasteiger partial charge in [0.1, 0.15) is 0 Å². The van der Waals surface area contributed by atoms with E-state index in [-0.39, 0.29) is 12.2 Å². The monoisotopic (exact) mass is 224 g/mol. The Morgan fingerprint density at radius 3 is 2.31 bits per heavy atom. The molecule has 1 unspecified atom stereocenters. The van der Waals surface area contributed by atoms with Crippen molar-refractivity contribution in [1.29, 1.82) is 0 Å². The Bertz CT molecular complexity index is 203. The molecule has 0 radical (unpaired) electrons. The second kappa shape index (κ2) is 5.39. The Morgan fingerprint density at radius 1 is 1.38 bits per heavy atom. The molecule has 0 amide bonds. The predicted molar refractivity (Wildman–Crippen MR) is 54.6 cm³/mol. The van der Waals surface area contributed by atoms with Crippen molar-refractivity contribution in [1.82, 2.24) is 0 Å². The maximum absolute atomic E-state index is 10.3. The number of thioether (sulfide) groups is 1. The highest BCUT2D eigenvalue weighted by Crippen LogP contribution is 2.23. The molecule has 0 bridgehead atoms. The normalized spacial score (nSPS) is 14.9.